The number of nitrogens with one attached hydrogen (secondary N) is 1. The zero-order valence-electron chi connectivity index (χ0n) is 11.0. The Balaban J connectivity index is 2.12. The van der Waals surface area contributed by atoms with Gasteiger partial charge < -0.3 is 0 Å². The molecule has 0 heterocycles. The van der Waals surface area contributed by atoms with Crippen LogP contribution >= 0.6 is 15.9 Å². The van der Waals surface area contributed by atoms with E-state index in [1.165, 1.54) is 18.2 Å². The van der Waals surface area contributed by atoms with Gasteiger partial charge in [0.1, 0.15) is 5.82 Å². The van der Waals surface area contributed by atoms with Gasteiger partial charge in [0.15, 0.2) is 11.6 Å². The van der Waals surface area contributed by atoms with Gasteiger partial charge in [0.05, 0.1) is 0 Å². The molecule has 112 valence electrons. The number of benzene rings is 2. The van der Waals surface area contributed by atoms with Gasteiger partial charge in [0.25, 0.3) is 0 Å². The van der Waals surface area contributed by atoms with Gasteiger partial charge in [-0.3, -0.25) is 11.3 Å². The second kappa shape index (κ2) is 7.06. The Labute approximate surface area is 129 Å². The first-order valence-electron chi connectivity index (χ1n) is 6.33. The lowest BCUT2D eigenvalue weighted by Crippen LogP contribution is -2.38. The topological polar surface area (TPSA) is 38.0 Å². The Morgan fingerprint density at radius 3 is 2.43 bits per heavy atom. The van der Waals surface area contributed by atoms with Gasteiger partial charge in [-0.2, -0.15) is 0 Å². The largest absolute Gasteiger partial charge is 0.271 e. The van der Waals surface area contributed by atoms with E-state index in [0.717, 1.165) is 22.2 Å². The summed E-state index contributed by atoms with van der Waals surface area (Å²) in [6.07, 6.45) is 0.852. The highest BCUT2D eigenvalue weighted by molar-refractivity contribution is 9.10. The molecule has 2 nitrogen and oxygen atoms in total. The summed E-state index contributed by atoms with van der Waals surface area (Å²) in [5.41, 5.74) is 3.99. The number of rotatable bonds is 5. The van der Waals surface area contributed by atoms with E-state index in [-0.39, 0.29) is 11.9 Å². The van der Waals surface area contributed by atoms with Crippen molar-refractivity contribution >= 4 is 15.9 Å². The summed E-state index contributed by atoms with van der Waals surface area (Å²) in [6, 6.07) is 7.89. The van der Waals surface area contributed by atoms with Crippen LogP contribution in [0.4, 0.5) is 13.2 Å². The Hall–Kier alpha value is -1.37. The van der Waals surface area contributed by atoms with Crippen molar-refractivity contribution in [2.24, 2.45) is 5.84 Å². The van der Waals surface area contributed by atoms with Crippen LogP contribution in [0.5, 0.6) is 0 Å². The normalized spacial score (nSPS) is 12.4. The Morgan fingerprint density at radius 1 is 1.00 bits per heavy atom. The average Bonchev–Trinajstić information content (AvgIpc) is 2.46. The minimum Gasteiger partial charge on any atom is -0.271 e. The summed E-state index contributed by atoms with van der Waals surface area (Å²) in [4.78, 5) is 0. The first-order chi connectivity index (χ1) is 9.99. The van der Waals surface area contributed by atoms with Gasteiger partial charge in [0.2, 0.25) is 0 Å². The van der Waals surface area contributed by atoms with E-state index in [4.69, 9.17) is 5.84 Å². The molecular formula is C15H14BrF3N2. The first-order valence-corrected chi connectivity index (χ1v) is 7.13. The number of hydrazine groups is 1. The maximum atomic E-state index is 13.3. The average molecular weight is 359 g/mol. The van der Waals surface area contributed by atoms with Gasteiger partial charge in [0, 0.05) is 10.5 Å². The van der Waals surface area contributed by atoms with E-state index in [1.807, 2.05) is 0 Å². The molecule has 0 aliphatic rings. The predicted molar refractivity (Wildman–Crippen MR) is 79.0 cm³/mol. The van der Waals surface area contributed by atoms with Crippen LogP contribution in [-0.4, -0.2) is 6.04 Å². The van der Waals surface area contributed by atoms with Crippen LogP contribution in [0.25, 0.3) is 0 Å². The van der Waals surface area contributed by atoms with Crippen molar-refractivity contribution in [2.45, 2.75) is 18.9 Å². The van der Waals surface area contributed by atoms with Gasteiger partial charge >= 0.3 is 0 Å². The highest BCUT2D eigenvalue weighted by Crippen LogP contribution is 2.20. The van der Waals surface area contributed by atoms with Gasteiger partial charge in [-0.25, -0.2) is 13.2 Å². The van der Waals surface area contributed by atoms with Crippen LogP contribution in [0.15, 0.2) is 40.9 Å². The Bertz CT molecular complexity index is 634. The zero-order chi connectivity index (χ0) is 15.4. The molecule has 0 fully saturated rings. The molecule has 0 amide bonds. The molecule has 0 bridgehead atoms. The van der Waals surface area contributed by atoms with Crippen molar-refractivity contribution in [3.63, 3.8) is 0 Å². The van der Waals surface area contributed by atoms with E-state index in [9.17, 15) is 13.2 Å². The monoisotopic (exact) mass is 358 g/mol. The van der Waals surface area contributed by atoms with E-state index < -0.39 is 11.6 Å². The van der Waals surface area contributed by atoms with Crippen molar-refractivity contribution in [1.82, 2.24) is 5.43 Å². The van der Waals surface area contributed by atoms with Gasteiger partial charge in [-0.1, -0.05) is 22.0 Å². The molecule has 0 aliphatic carbocycles. The third-order valence-corrected chi connectivity index (χ3v) is 3.95. The molecule has 2 aromatic rings. The van der Waals surface area contributed by atoms with Crippen LogP contribution in [0, 0.1) is 17.5 Å². The van der Waals surface area contributed by atoms with Crippen molar-refractivity contribution in [1.29, 1.82) is 0 Å². The maximum absolute atomic E-state index is 13.3. The van der Waals surface area contributed by atoms with Gasteiger partial charge in [-0.15, -0.1) is 0 Å². The highest BCUT2D eigenvalue weighted by atomic mass is 79.9. The molecule has 0 radical (unpaired) electrons. The van der Waals surface area contributed by atoms with Crippen molar-refractivity contribution < 1.29 is 13.2 Å². The van der Waals surface area contributed by atoms with Crippen molar-refractivity contribution in [3.8, 4) is 0 Å². The van der Waals surface area contributed by atoms with Crippen LogP contribution < -0.4 is 11.3 Å². The molecule has 0 saturated carbocycles. The molecule has 1 unspecified atom stereocenters. The number of halogens is 4. The molecule has 0 spiro atoms. The molecule has 6 heteroatoms. The second-order valence-corrected chi connectivity index (χ2v) is 5.61. The number of nitrogens with two attached hydrogens (primary N) is 1. The SMILES string of the molecule is NNC(Cc1ccc(F)c(F)c1)Cc1cc(F)ccc1Br. The standard InChI is InChI=1S/C15H14BrF3N2/c16-13-3-2-11(17)7-10(13)8-12(21-20)5-9-1-4-14(18)15(19)6-9/h1-4,6-7,12,21H,5,8,20H2. The summed E-state index contributed by atoms with van der Waals surface area (Å²) >= 11 is 3.35. The van der Waals surface area contributed by atoms with Crippen LogP contribution in [0.2, 0.25) is 0 Å². The fraction of sp³-hybridized carbons (Fsp3) is 0.200. The van der Waals surface area contributed by atoms with Crippen LogP contribution in [0.1, 0.15) is 11.1 Å². The molecule has 1 atom stereocenters. The van der Waals surface area contributed by atoms with E-state index in [1.54, 1.807) is 6.07 Å². The minimum atomic E-state index is -0.893. The lowest BCUT2D eigenvalue weighted by atomic mass is 9.99. The molecule has 0 aromatic heterocycles. The molecule has 0 aliphatic heterocycles. The number of hydrogen-bond donors (Lipinski definition) is 2. The zero-order valence-corrected chi connectivity index (χ0v) is 12.6. The third-order valence-electron chi connectivity index (χ3n) is 3.18. The van der Waals surface area contributed by atoms with E-state index >= 15 is 0 Å². The molecule has 2 rings (SSSR count). The highest BCUT2D eigenvalue weighted by Gasteiger charge is 2.13. The molecule has 21 heavy (non-hydrogen) atoms. The fourth-order valence-electron chi connectivity index (χ4n) is 2.11. The molecular weight excluding hydrogens is 345 g/mol. The van der Waals surface area contributed by atoms with E-state index in [2.05, 4.69) is 21.4 Å². The summed E-state index contributed by atoms with van der Waals surface area (Å²) < 4.78 is 40.1. The third kappa shape index (κ3) is 4.30. The Kier molecular flexibility index (Phi) is 5.39. The smallest absolute Gasteiger partial charge is 0.159 e. The molecule has 2 aromatic carbocycles. The number of hydrogen-bond acceptors (Lipinski definition) is 2. The quantitative estimate of drug-likeness (QED) is 0.634. The minimum absolute atomic E-state index is 0.229. The fourth-order valence-corrected chi connectivity index (χ4v) is 2.51. The summed E-state index contributed by atoms with van der Waals surface area (Å²) in [6.45, 7) is 0. The molecule has 3 N–H and O–H groups in total. The first kappa shape index (κ1) is 16.0. The van der Waals surface area contributed by atoms with Gasteiger partial charge in [-0.05, 0) is 54.3 Å². The summed E-state index contributed by atoms with van der Waals surface area (Å²) in [7, 11) is 0. The van der Waals surface area contributed by atoms with Crippen molar-refractivity contribution in [2.75, 3.05) is 0 Å². The second-order valence-electron chi connectivity index (χ2n) is 4.76. The predicted octanol–water partition coefficient (Wildman–Crippen LogP) is 3.48. The lowest BCUT2D eigenvalue weighted by Gasteiger charge is -2.17. The Morgan fingerprint density at radius 2 is 1.76 bits per heavy atom. The summed E-state index contributed by atoms with van der Waals surface area (Å²) in [5, 5.41) is 0. The van der Waals surface area contributed by atoms with Crippen molar-refractivity contribution in [3.05, 3.63) is 69.4 Å². The molecule has 0 saturated heterocycles. The van der Waals surface area contributed by atoms with Crippen LogP contribution in [0.3, 0.4) is 0 Å². The maximum Gasteiger partial charge on any atom is 0.159 e. The van der Waals surface area contributed by atoms with E-state index in [0.29, 0.717) is 18.4 Å². The van der Waals surface area contributed by atoms with Crippen LogP contribution in [-0.2, 0) is 12.8 Å². The summed E-state index contributed by atoms with van der Waals surface area (Å²) in [5.74, 6) is 3.38. The lowest BCUT2D eigenvalue weighted by molar-refractivity contribution is 0.497.